The normalized spacial score (nSPS) is 10.2. The lowest BCUT2D eigenvalue weighted by Gasteiger charge is -2.03. The first-order valence-electron chi connectivity index (χ1n) is 5.54. The molecule has 1 heterocycles. The van der Waals surface area contributed by atoms with Crippen LogP contribution < -0.4 is 10.1 Å². The highest BCUT2D eigenvalue weighted by Crippen LogP contribution is 2.28. The lowest BCUT2D eigenvalue weighted by molar-refractivity contribution is -0.114. The fraction of sp³-hybridized carbons (Fsp3) is 0.250. The van der Waals surface area contributed by atoms with Crippen molar-refractivity contribution in [3.8, 4) is 5.75 Å². The first-order valence-corrected chi connectivity index (χ1v) is 7.34. The van der Waals surface area contributed by atoms with Gasteiger partial charge in [-0.2, -0.15) is 0 Å². The number of aromatic nitrogens is 2. The van der Waals surface area contributed by atoms with Crippen molar-refractivity contribution in [2.75, 3.05) is 18.2 Å². The van der Waals surface area contributed by atoms with Crippen LogP contribution in [-0.4, -0.2) is 28.8 Å². The topological polar surface area (TPSA) is 64.1 Å². The Morgan fingerprint density at radius 2 is 2.11 bits per heavy atom. The largest absolute Gasteiger partial charge is 0.497 e. The predicted octanol–water partition coefficient (Wildman–Crippen LogP) is 2.97. The van der Waals surface area contributed by atoms with Gasteiger partial charge in [-0.05, 0) is 31.2 Å². The van der Waals surface area contributed by atoms with Crippen molar-refractivity contribution in [3.05, 3.63) is 24.3 Å². The first kappa shape index (κ1) is 13.8. The maximum Gasteiger partial charge on any atom is 0.210 e. The van der Waals surface area contributed by atoms with Crippen LogP contribution in [0.5, 0.6) is 5.75 Å². The van der Waals surface area contributed by atoms with E-state index in [-0.39, 0.29) is 5.78 Å². The average molecular weight is 295 g/mol. The van der Waals surface area contributed by atoms with Gasteiger partial charge in [0.15, 0.2) is 4.34 Å². The summed E-state index contributed by atoms with van der Waals surface area (Å²) in [5.74, 6) is 1.36. The third kappa shape index (κ3) is 4.22. The Kier molecular flexibility index (Phi) is 4.75. The minimum atomic E-state index is 0.130. The van der Waals surface area contributed by atoms with E-state index in [1.54, 1.807) is 14.0 Å². The molecule has 2 rings (SSSR count). The van der Waals surface area contributed by atoms with Gasteiger partial charge >= 0.3 is 0 Å². The predicted molar refractivity (Wildman–Crippen MR) is 77.6 cm³/mol. The molecular weight excluding hydrogens is 282 g/mol. The number of Topliss-reactive ketones (excluding diaryl/α,β-unsaturated/α-hetero) is 1. The molecule has 0 saturated heterocycles. The summed E-state index contributed by atoms with van der Waals surface area (Å²) in [5, 5.41) is 11.9. The molecule has 0 aliphatic carbocycles. The maximum atomic E-state index is 10.9. The number of nitrogens with zero attached hydrogens (tertiary/aromatic N) is 2. The van der Waals surface area contributed by atoms with E-state index in [4.69, 9.17) is 4.74 Å². The summed E-state index contributed by atoms with van der Waals surface area (Å²) in [7, 11) is 1.63. The highest BCUT2D eigenvalue weighted by molar-refractivity contribution is 8.01. The zero-order valence-corrected chi connectivity index (χ0v) is 12.2. The van der Waals surface area contributed by atoms with Crippen molar-refractivity contribution < 1.29 is 9.53 Å². The number of thioether (sulfide) groups is 1. The van der Waals surface area contributed by atoms with Crippen molar-refractivity contribution in [2.24, 2.45) is 0 Å². The van der Waals surface area contributed by atoms with Gasteiger partial charge < -0.3 is 10.1 Å². The Balaban J connectivity index is 1.96. The van der Waals surface area contributed by atoms with Gasteiger partial charge in [-0.25, -0.2) is 0 Å². The summed E-state index contributed by atoms with van der Waals surface area (Å²) in [6.07, 6.45) is 0. The van der Waals surface area contributed by atoms with E-state index in [1.807, 2.05) is 24.3 Å². The van der Waals surface area contributed by atoms with Crippen LogP contribution in [0.4, 0.5) is 10.8 Å². The number of rotatable bonds is 6. The summed E-state index contributed by atoms with van der Waals surface area (Å²) in [4.78, 5) is 10.9. The number of carbonyl (C=O) groups excluding carboxylic acids is 1. The van der Waals surface area contributed by atoms with Crippen molar-refractivity contribution >= 4 is 39.7 Å². The van der Waals surface area contributed by atoms with Gasteiger partial charge in [0.1, 0.15) is 11.5 Å². The van der Waals surface area contributed by atoms with E-state index in [2.05, 4.69) is 15.5 Å². The molecule has 0 fully saturated rings. The second kappa shape index (κ2) is 6.53. The van der Waals surface area contributed by atoms with E-state index in [0.717, 1.165) is 15.8 Å². The van der Waals surface area contributed by atoms with Crippen molar-refractivity contribution in [3.63, 3.8) is 0 Å². The van der Waals surface area contributed by atoms with E-state index >= 15 is 0 Å². The Bertz CT molecular complexity index is 554. The number of hydrogen-bond acceptors (Lipinski definition) is 7. The molecule has 1 N–H and O–H groups in total. The Morgan fingerprint density at radius 1 is 1.37 bits per heavy atom. The summed E-state index contributed by atoms with van der Waals surface area (Å²) in [6, 6.07) is 7.55. The molecule has 19 heavy (non-hydrogen) atoms. The van der Waals surface area contributed by atoms with Gasteiger partial charge in [0.2, 0.25) is 5.13 Å². The van der Waals surface area contributed by atoms with Gasteiger partial charge in [-0.15, -0.1) is 10.2 Å². The van der Waals surface area contributed by atoms with Gasteiger partial charge in [0, 0.05) is 5.69 Å². The monoisotopic (exact) mass is 295 g/mol. The lowest BCUT2D eigenvalue weighted by Crippen LogP contribution is -1.92. The van der Waals surface area contributed by atoms with Crippen LogP contribution in [0, 0.1) is 0 Å². The number of benzene rings is 1. The highest BCUT2D eigenvalue weighted by Gasteiger charge is 2.06. The van der Waals surface area contributed by atoms with Crippen LogP contribution in [0.15, 0.2) is 28.6 Å². The fourth-order valence-corrected chi connectivity index (χ4v) is 2.85. The summed E-state index contributed by atoms with van der Waals surface area (Å²) in [6.45, 7) is 1.56. The van der Waals surface area contributed by atoms with E-state index in [0.29, 0.717) is 10.9 Å². The van der Waals surface area contributed by atoms with Gasteiger partial charge in [-0.3, -0.25) is 4.79 Å². The Morgan fingerprint density at radius 3 is 2.74 bits per heavy atom. The molecule has 0 amide bonds. The molecule has 0 aliphatic rings. The van der Waals surface area contributed by atoms with E-state index in [9.17, 15) is 4.79 Å². The van der Waals surface area contributed by atoms with Crippen molar-refractivity contribution in [1.29, 1.82) is 0 Å². The third-order valence-corrected chi connectivity index (χ3v) is 4.26. The SMILES string of the molecule is COc1ccc(Nc2nnc(SCC(C)=O)s2)cc1. The molecule has 0 bridgehead atoms. The summed E-state index contributed by atoms with van der Waals surface area (Å²) in [5.41, 5.74) is 0.917. The van der Waals surface area contributed by atoms with Crippen LogP contribution >= 0.6 is 23.1 Å². The molecule has 7 heteroatoms. The maximum absolute atomic E-state index is 10.9. The quantitative estimate of drug-likeness (QED) is 0.827. The molecule has 0 spiro atoms. The van der Waals surface area contributed by atoms with E-state index < -0.39 is 0 Å². The molecule has 2 aromatic rings. The number of methoxy groups -OCH3 is 1. The molecule has 1 aromatic heterocycles. The van der Waals surface area contributed by atoms with Gasteiger partial charge in [0.05, 0.1) is 12.9 Å². The smallest absolute Gasteiger partial charge is 0.210 e. The standard InChI is InChI=1S/C12H13N3O2S2/c1-8(16)7-18-12-15-14-11(19-12)13-9-3-5-10(17-2)6-4-9/h3-6H,7H2,1-2H3,(H,13,14). The van der Waals surface area contributed by atoms with Gasteiger partial charge in [0.25, 0.3) is 0 Å². The average Bonchev–Trinajstić information content (AvgIpc) is 2.85. The number of anilines is 2. The number of hydrogen-bond donors (Lipinski definition) is 1. The van der Waals surface area contributed by atoms with Crippen molar-refractivity contribution in [1.82, 2.24) is 10.2 Å². The second-order valence-corrected chi connectivity index (χ2v) is 5.92. The molecule has 5 nitrogen and oxygen atoms in total. The number of ketones is 1. The van der Waals surface area contributed by atoms with Crippen LogP contribution in [0.3, 0.4) is 0 Å². The summed E-state index contributed by atoms with van der Waals surface area (Å²) < 4.78 is 5.87. The van der Waals surface area contributed by atoms with Crippen LogP contribution in [-0.2, 0) is 4.79 Å². The highest BCUT2D eigenvalue weighted by atomic mass is 32.2. The Labute approximate surface area is 119 Å². The fourth-order valence-electron chi connectivity index (χ4n) is 1.28. The van der Waals surface area contributed by atoms with Crippen LogP contribution in [0.2, 0.25) is 0 Å². The molecule has 0 saturated carbocycles. The van der Waals surface area contributed by atoms with Crippen LogP contribution in [0.25, 0.3) is 0 Å². The number of ether oxygens (including phenoxy) is 1. The van der Waals surface area contributed by atoms with Gasteiger partial charge in [-0.1, -0.05) is 23.1 Å². The molecule has 0 unspecified atom stereocenters. The lowest BCUT2D eigenvalue weighted by atomic mass is 10.3. The molecule has 0 radical (unpaired) electrons. The summed E-state index contributed by atoms with van der Waals surface area (Å²) >= 11 is 2.83. The molecule has 1 aromatic carbocycles. The first-order chi connectivity index (χ1) is 9.17. The van der Waals surface area contributed by atoms with Crippen molar-refractivity contribution in [2.45, 2.75) is 11.3 Å². The Hall–Kier alpha value is -1.60. The second-order valence-electron chi connectivity index (χ2n) is 3.72. The zero-order valence-electron chi connectivity index (χ0n) is 10.5. The molecule has 0 aliphatic heterocycles. The number of carbonyl (C=O) groups is 1. The minimum Gasteiger partial charge on any atom is -0.497 e. The third-order valence-electron chi connectivity index (χ3n) is 2.15. The molecule has 0 atom stereocenters. The van der Waals surface area contributed by atoms with E-state index in [1.165, 1.54) is 23.1 Å². The van der Waals surface area contributed by atoms with Crippen LogP contribution in [0.1, 0.15) is 6.92 Å². The minimum absolute atomic E-state index is 0.130. The number of nitrogens with one attached hydrogen (secondary N) is 1. The zero-order chi connectivity index (χ0) is 13.7. The molecule has 100 valence electrons. The molecular formula is C12H13N3O2S2.